The fraction of sp³-hybridized carbons (Fsp3) is 0.318. The van der Waals surface area contributed by atoms with Gasteiger partial charge in [-0.05, 0) is 43.0 Å². The number of fused-ring (bicyclic) bond motifs is 2. The number of aromatic nitrogens is 1. The first-order chi connectivity index (χ1) is 14.1. The predicted octanol–water partition coefficient (Wildman–Crippen LogP) is 4.27. The lowest BCUT2D eigenvalue weighted by Gasteiger charge is -2.39. The average Bonchev–Trinajstić information content (AvgIpc) is 3.26. The van der Waals surface area contributed by atoms with Crippen LogP contribution in [0.4, 0.5) is 4.39 Å². The fourth-order valence-electron chi connectivity index (χ4n) is 4.48. The smallest absolute Gasteiger partial charge is 0.276 e. The van der Waals surface area contributed by atoms with E-state index < -0.39 is 5.82 Å². The second kappa shape index (κ2) is 6.77. The molecule has 3 aromatic rings. The van der Waals surface area contributed by atoms with E-state index in [1.54, 1.807) is 12.1 Å². The number of hydrogen-bond acceptors (Lipinski definition) is 5. The van der Waals surface area contributed by atoms with Gasteiger partial charge in [0, 0.05) is 18.0 Å². The van der Waals surface area contributed by atoms with Crippen LogP contribution in [0.1, 0.15) is 64.2 Å². The molecule has 7 heteroatoms. The summed E-state index contributed by atoms with van der Waals surface area (Å²) < 4.78 is 18.9. The number of piperidine rings is 1. The van der Waals surface area contributed by atoms with Crippen LogP contribution in [0, 0.1) is 5.82 Å². The van der Waals surface area contributed by atoms with Crippen molar-refractivity contribution in [3.63, 3.8) is 0 Å². The number of hydrogen-bond donors (Lipinski definition) is 0. The minimum atomic E-state index is -0.395. The maximum absolute atomic E-state index is 13.5. The van der Waals surface area contributed by atoms with E-state index >= 15 is 0 Å². The van der Waals surface area contributed by atoms with Gasteiger partial charge in [-0.2, -0.15) is 0 Å². The van der Waals surface area contributed by atoms with E-state index in [1.165, 1.54) is 17.1 Å². The lowest BCUT2D eigenvalue weighted by atomic mass is 9.98. The first kappa shape index (κ1) is 18.0. The predicted molar refractivity (Wildman–Crippen MR) is 104 cm³/mol. The summed E-state index contributed by atoms with van der Waals surface area (Å²) in [6.07, 6.45) is 3.22. The van der Waals surface area contributed by atoms with Gasteiger partial charge in [0.25, 0.3) is 11.8 Å². The molecular formula is C22H20FN3O3. The molecule has 1 fully saturated rings. The molecule has 2 aliphatic rings. The van der Waals surface area contributed by atoms with Gasteiger partial charge in [0.15, 0.2) is 5.58 Å². The number of carbonyl (C=O) groups excluding carboxylic acids is 2. The van der Waals surface area contributed by atoms with Crippen LogP contribution in [0.15, 0.2) is 40.9 Å². The molecule has 2 aliphatic heterocycles. The number of amides is 2. The van der Waals surface area contributed by atoms with Gasteiger partial charge in [-0.3, -0.25) is 9.59 Å². The molecule has 0 aliphatic carbocycles. The van der Waals surface area contributed by atoms with Crippen LogP contribution < -0.4 is 0 Å². The highest BCUT2D eigenvalue weighted by Crippen LogP contribution is 2.38. The van der Waals surface area contributed by atoms with Crippen molar-refractivity contribution >= 4 is 22.8 Å². The van der Waals surface area contributed by atoms with Crippen LogP contribution >= 0.6 is 0 Å². The van der Waals surface area contributed by atoms with Crippen molar-refractivity contribution in [3.05, 3.63) is 64.6 Å². The highest BCUT2D eigenvalue weighted by atomic mass is 19.1. The van der Waals surface area contributed by atoms with Crippen LogP contribution in [0.3, 0.4) is 0 Å². The summed E-state index contributed by atoms with van der Waals surface area (Å²) in [6, 6.07) is 9.44. The van der Waals surface area contributed by atoms with Crippen LogP contribution in [-0.2, 0) is 6.42 Å². The van der Waals surface area contributed by atoms with Crippen molar-refractivity contribution in [1.82, 2.24) is 15.2 Å². The number of hydrazine groups is 1. The van der Waals surface area contributed by atoms with Crippen molar-refractivity contribution in [3.8, 4) is 0 Å². The number of halogens is 1. The SMILES string of the molecule is CCc1cccc2c1C(=O)N(N1CCCCC1c1noc3cc(F)ccc13)C2=O. The molecule has 6 nitrogen and oxygen atoms in total. The van der Waals surface area contributed by atoms with Gasteiger partial charge in [0.05, 0.1) is 17.2 Å². The normalized spacial score (nSPS) is 19.9. The molecule has 1 saturated heterocycles. The summed E-state index contributed by atoms with van der Waals surface area (Å²) in [5.41, 5.74) is 2.81. The molecule has 2 amide bonds. The van der Waals surface area contributed by atoms with E-state index in [0.29, 0.717) is 40.8 Å². The van der Waals surface area contributed by atoms with Gasteiger partial charge in [-0.1, -0.05) is 30.6 Å². The average molecular weight is 393 g/mol. The molecular weight excluding hydrogens is 373 g/mol. The lowest BCUT2D eigenvalue weighted by Crippen LogP contribution is -2.50. The maximum Gasteiger partial charge on any atom is 0.276 e. The van der Waals surface area contributed by atoms with Gasteiger partial charge >= 0.3 is 0 Å². The summed E-state index contributed by atoms with van der Waals surface area (Å²) >= 11 is 0. The molecule has 0 saturated carbocycles. The van der Waals surface area contributed by atoms with Gasteiger partial charge < -0.3 is 4.52 Å². The number of carbonyl (C=O) groups is 2. The van der Waals surface area contributed by atoms with Crippen molar-refractivity contribution in [2.24, 2.45) is 0 Å². The Labute approximate surface area is 166 Å². The van der Waals surface area contributed by atoms with Gasteiger partial charge in [0.2, 0.25) is 0 Å². The van der Waals surface area contributed by atoms with Crippen LogP contribution in [-0.4, -0.2) is 33.5 Å². The largest absolute Gasteiger partial charge is 0.356 e. The highest BCUT2D eigenvalue weighted by molar-refractivity contribution is 6.21. The third-order valence-electron chi connectivity index (χ3n) is 5.87. The van der Waals surface area contributed by atoms with Crippen LogP contribution in [0.5, 0.6) is 0 Å². The topological polar surface area (TPSA) is 66.7 Å². The second-order valence-corrected chi connectivity index (χ2v) is 7.50. The van der Waals surface area contributed by atoms with E-state index in [2.05, 4.69) is 5.16 Å². The molecule has 0 radical (unpaired) electrons. The number of imide groups is 1. The Hall–Kier alpha value is -3.06. The van der Waals surface area contributed by atoms with Gasteiger partial charge in [0.1, 0.15) is 11.5 Å². The number of rotatable bonds is 3. The van der Waals surface area contributed by atoms with Crippen LogP contribution in [0.2, 0.25) is 0 Å². The molecule has 148 valence electrons. The Kier molecular flexibility index (Phi) is 4.20. The molecule has 1 unspecified atom stereocenters. The highest BCUT2D eigenvalue weighted by Gasteiger charge is 2.44. The number of nitrogens with zero attached hydrogens (tertiary/aromatic N) is 3. The molecule has 2 aromatic carbocycles. The summed E-state index contributed by atoms with van der Waals surface area (Å²) in [5, 5.41) is 7.97. The summed E-state index contributed by atoms with van der Waals surface area (Å²) in [6.45, 7) is 2.54. The summed E-state index contributed by atoms with van der Waals surface area (Å²) in [5.74, 6) is -0.979. The minimum Gasteiger partial charge on any atom is -0.356 e. The zero-order valence-electron chi connectivity index (χ0n) is 16.0. The first-order valence-electron chi connectivity index (χ1n) is 9.92. The summed E-state index contributed by atoms with van der Waals surface area (Å²) in [7, 11) is 0. The molecule has 3 heterocycles. The van der Waals surface area contributed by atoms with Crippen molar-refractivity contribution in [2.45, 2.75) is 38.6 Å². The van der Waals surface area contributed by atoms with E-state index in [9.17, 15) is 14.0 Å². The monoisotopic (exact) mass is 393 g/mol. The van der Waals surface area contributed by atoms with E-state index in [0.717, 1.165) is 24.8 Å². The fourth-order valence-corrected chi connectivity index (χ4v) is 4.48. The Balaban J connectivity index is 1.57. The van der Waals surface area contributed by atoms with Crippen LogP contribution in [0.25, 0.3) is 11.0 Å². The molecule has 0 bridgehead atoms. The van der Waals surface area contributed by atoms with E-state index in [1.807, 2.05) is 24.1 Å². The molecule has 1 atom stereocenters. The molecule has 1 aromatic heterocycles. The Morgan fingerprint density at radius 3 is 2.86 bits per heavy atom. The van der Waals surface area contributed by atoms with Gasteiger partial charge in [-0.25, -0.2) is 14.4 Å². The quantitative estimate of drug-likeness (QED) is 0.622. The van der Waals surface area contributed by atoms with Crippen molar-refractivity contribution in [1.29, 1.82) is 0 Å². The number of aryl methyl sites for hydroxylation is 1. The Morgan fingerprint density at radius 2 is 2.03 bits per heavy atom. The van der Waals surface area contributed by atoms with E-state index in [4.69, 9.17) is 4.52 Å². The minimum absolute atomic E-state index is 0.284. The Morgan fingerprint density at radius 1 is 1.17 bits per heavy atom. The third kappa shape index (κ3) is 2.68. The lowest BCUT2D eigenvalue weighted by molar-refractivity contribution is -0.0371. The standard InChI is InChI=1S/C22H20FN3O3/c1-2-13-6-5-7-16-19(13)22(28)26(21(16)27)25-11-4-3-8-17(25)20-15-10-9-14(23)12-18(15)29-24-20/h5-7,9-10,12,17H,2-4,8,11H2,1H3. The number of benzene rings is 2. The molecule has 5 rings (SSSR count). The maximum atomic E-state index is 13.5. The zero-order chi connectivity index (χ0) is 20.1. The van der Waals surface area contributed by atoms with Crippen molar-refractivity contribution in [2.75, 3.05) is 6.54 Å². The third-order valence-corrected chi connectivity index (χ3v) is 5.87. The molecule has 0 N–H and O–H groups in total. The molecule has 0 spiro atoms. The Bertz CT molecular complexity index is 1140. The summed E-state index contributed by atoms with van der Waals surface area (Å²) in [4.78, 5) is 26.4. The van der Waals surface area contributed by atoms with Gasteiger partial charge in [-0.15, -0.1) is 0 Å². The molecule has 29 heavy (non-hydrogen) atoms. The van der Waals surface area contributed by atoms with E-state index in [-0.39, 0.29) is 17.9 Å². The van der Waals surface area contributed by atoms with Crippen molar-refractivity contribution < 1.29 is 18.5 Å². The second-order valence-electron chi connectivity index (χ2n) is 7.50. The zero-order valence-corrected chi connectivity index (χ0v) is 16.0. The first-order valence-corrected chi connectivity index (χ1v) is 9.92.